The molecule has 1 aromatic heterocycles. The van der Waals surface area contributed by atoms with E-state index in [4.69, 9.17) is 9.15 Å². The molecule has 0 radical (unpaired) electrons. The molecule has 0 saturated carbocycles. The number of furan rings is 1. The van der Waals surface area contributed by atoms with Gasteiger partial charge in [0.05, 0.1) is 17.5 Å². The lowest BCUT2D eigenvalue weighted by Gasteiger charge is -2.24. The molecular formula is C23H25NO5S. The van der Waals surface area contributed by atoms with Gasteiger partial charge in [0, 0.05) is 17.5 Å². The zero-order valence-electron chi connectivity index (χ0n) is 17.3. The summed E-state index contributed by atoms with van der Waals surface area (Å²) in [6.45, 7) is 6.19. The van der Waals surface area contributed by atoms with Crippen molar-refractivity contribution in [2.24, 2.45) is 0 Å². The van der Waals surface area contributed by atoms with Crippen LogP contribution in [0.25, 0.3) is 11.0 Å². The summed E-state index contributed by atoms with van der Waals surface area (Å²) < 4.78 is 39.3. The van der Waals surface area contributed by atoms with E-state index in [9.17, 15) is 13.2 Å². The number of nitrogens with zero attached hydrogens (tertiary/aromatic N) is 1. The number of aryl methyl sites for hydroxylation is 2. The van der Waals surface area contributed by atoms with Gasteiger partial charge in [-0.05, 0) is 57.4 Å². The average Bonchev–Trinajstić information content (AvgIpc) is 3.34. The fourth-order valence-electron chi connectivity index (χ4n) is 4.13. The first-order valence-corrected chi connectivity index (χ1v) is 11.6. The van der Waals surface area contributed by atoms with Crippen LogP contribution >= 0.6 is 0 Å². The van der Waals surface area contributed by atoms with Gasteiger partial charge >= 0.3 is 5.97 Å². The van der Waals surface area contributed by atoms with E-state index in [-0.39, 0.29) is 23.3 Å². The highest BCUT2D eigenvalue weighted by atomic mass is 32.2. The Balaban J connectivity index is 1.73. The van der Waals surface area contributed by atoms with Gasteiger partial charge in [0.2, 0.25) is 15.8 Å². The van der Waals surface area contributed by atoms with Crippen LogP contribution in [0.15, 0.2) is 51.8 Å². The minimum Gasteiger partial charge on any atom is -0.460 e. The van der Waals surface area contributed by atoms with Gasteiger partial charge in [-0.3, -0.25) is 0 Å². The quantitative estimate of drug-likeness (QED) is 0.549. The summed E-state index contributed by atoms with van der Waals surface area (Å²) in [6.07, 6.45) is 1.61. The van der Waals surface area contributed by atoms with E-state index < -0.39 is 16.0 Å². The molecule has 1 aliphatic heterocycles. The number of ether oxygens (including phenoxy) is 1. The molecule has 2 aromatic carbocycles. The summed E-state index contributed by atoms with van der Waals surface area (Å²) in [7, 11) is -3.70. The van der Waals surface area contributed by atoms with Gasteiger partial charge in [0.1, 0.15) is 5.58 Å². The van der Waals surface area contributed by atoms with Gasteiger partial charge < -0.3 is 9.15 Å². The molecule has 3 aromatic rings. The zero-order valence-corrected chi connectivity index (χ0v) is 18.2. The Hall–Kier alpha value is -2.64. The number of hydrogen-bond donors (Lipinski definition) is 0. The van der Waals surface area contributed by atoms with Crippen molar-refractivity contribution in [1.29, 1.82) is 0 Å². The molecule has 0 spiro atoms. The Labute approximate surface area is 176 Å². The molecule has 0 aliphatic carbocycles. The summed E-state index contributed by atoms with van der Waals surface area (Å²) in [5.41, 5.74) is 3.17. The number of carbonyl (C=O) groups is 1. The largest absolute Gasteiger partial charge is 0.460 e. The fraction of sp³-hybridized carbons (Fsp3) is 0.348. The number of fused-ring (bicyclic) bond motifs is 1. The molecule has 6 nitrogen and oxygen atoms in total. The molecule has 158 valence electrons. The molecule has 1 atom stereocenters. The molecule has 30 heavy (non-hydrogen) atoms. The topological polar surface area (TPSA) is 76.8 Å². The van der Waals surface area contributed by atoms with E-state index in [0.717, 1.165) is 24.0 Å². The predicted molar refractivity (Wildman–Crippen MR) is 114 cm³/mol. The molecular weight excluding hydrogens is 402 g/mol. The first-order chi connectivity index (χ1) is 14.3. The minimum absolute atomic E-state index is 0.111. The lowest BCUT2D eigenvalue weighted by Crippen LogP contribution is -2.30. The first kappa shape index (κ1) is 20.6. The van der Waals surface area contributed by atoms with Gasteiger partial charge in [0.25, 0.3) is 0 Å². The third-order valence-electron chi connectivity index (χ3n) is 5.61. The number of esters is 1. The van der Waals surface area contributed by atoms with Crippen molar-refractivity contribution >= 4 is 27.0 Å². The maximum absolute atomic E-state index is 13.5. The standard InChI is InChI=1S/C23H25NO5S/c1-4-28-23(25)22-16(3)19-14-18(10-11-21(19)29-22)30(26,27)24-12-6-9-20(24)17-8-5-7-15(2)13-17/h5,7-8,10-11,13-14,20H,4,6,9,12H2,1-3H3. The van der Waals surface area contributed by atoms with Gasteiger partial charge in [-0.15, -0.1) is 0 Å². The molecule has 4 rings (SSSR count). The predicted octanol–water partition coefficient (Wildman–Crippen LogP) is 4.75. The fourth-order valence-corrected chi connectivity index (χ4v) is 5.83. The second-order valence-electron chi connectivity index (χ2n) is 7.62. The van der Waals surface area contributed by atoms with Crippen molar-refractivity contribution in [3.05, 3.63) is 64.9 Å². The van der Waals surface area contributed by atoms with Crippen LogP contribution in [-0.4, -0.2) is 31.8 Å². The normalized spacial score (nSPS) is 17.5. The van der Waals surface area contributed by atoms with Crippen LogP contribution in [0.2, 0.25) is 0 Å². The van der Waals surface area contributed by atoms with Gasteiger partial charge in [-0.25, -0.2) is 13.2 Å². The molecule has 1 fully saturated rings. The molecule has 0 bridgehead atoms. The highest BCUT2D eigenvalue weighted by molar-refractivity contribution is 7.89. The monoisotopic (exact) mass is 427 g/mol. The Morgan fingerprint density at radius 2 is 2.00 bits per heavy atom. The van der Waals surface area contributed by atoms with E-state index >= 15 is 0 Å². The van der Waals surface area contributed by atoms with E-state index in [0.29, 0.717) is 23.1 Å². The summed E-state index contributed by atoms with van der Waals surface area (Å²) in [6, 6.07) is 12.6. The third kappa shape index (κ3) is 3.52. The number of benzene rings is 2. The number of rotatable bonds is 5. The zero-order chi connectivity index (χ0) is 21.5. The second kappa shape index (κ2) is 7.89. The smallest absolute Gasteiger partial charge is 0.374 e. The third-order valence-corrected chi connectivity index (χ3v) is 7.51. The van der Waals surface area contributed by atoms with Crippen molar-refractivity contribution in [3.8, 4) is 0 Å². The van der Waals surface area contributed by atoms with Gasteiger partial charge in [-0.1, -0.05) is 29.8 Å². The number of sulfonamides is 1. The maximum atomic E-state index is 13.5. The lowest BCUT2D eigenvalue weighted by molar-refractivity contribution is 0.0491. The first-order valence-electron chi connectivity index (χ1n) is 10.1. The molecule has 0 amide bonds. The Kier molecular flexibility index (Phi) is 5.42. The Morgan fingerprint density at radius 3 is 2.73 bits per heavy atom. The number of hydrogen-bond acceptors (Lipinski definition) is 5. The van der Waals surface area contributed by atoms with E-state index in [1.165, 1.54) is 0 Å². The van der Waals surface area contributed by atoms with Crippen molar-refractivity contribution in [1.82, 2.24) is 4.31 Å². The van der Waals surface area contributed by atoms with Crippen LogP contribution in [0, 0.1) is 13.8 Å². The van der Waals surface area contributed by atoms with Gasteiger partial charge in [0.15, 0.2) is 0 Å². The number of carbonyl (C=O) groups excluding carboxylic acids is 1. The van der Waals surface area contributed by atoms with E-state index in [1.807, 2.05) is 31.2 Å². The van der Waals surface area contributed by atoms with Crippen LogP contribution < -0.4 is 0 Å². The minimum atomic E-state index is -3.70. The molecule has 1 saturated heterocycles. The van der Waals surface area contributed by atoms with Crippen LogP contribution in [0.5, 0.6) is 0 Å². The van der Waals surface area contributed by atoms with Crippen LogP contribution in [-0.2, 0) is 14.8 Å². The molecule has 7 heteroatoms. The van der Waals surface area contributed by atoms with Crippen LogP contribution in [0.1, 0.15) is 53.1 Å². The lowest BCUT2D eigenvalue weighted by atomic mass is 10.0. The van der Waals surface area contributed by atoms with Crippen LogP contribution in [0.3, 0.4) is 0 Å². The SMILES string of the molecule is CCOC(=O)c1oc2ccc(S(=O)(=O)N3CCCC3c3cccc(C)c3)cc2c1C. The van der Waals surface area contributed by atoms with E-state index in [2.05, 4.69) is 0 Å². The summed E-state index contributed by atoms with van der Waals surface area (Å²) in [5.74, 6) is -0.435. The van der Waals surface area contributed by atoms with Gasteiger partial charge in [-0.2, -0.15) is 4.31 Å². The Bertz CT molecular complexity index is 1210. The highest BCUT2D eigenvalue weighted by Gasteiger charge is 2.36. The van der Waals surface area contributed by atoms with E-state index in [1.54, 1.807) is 36.4 Å². The highest BCUT2D eigenvalue weighted by Crippen LogP contribution is 2.38. The summed E-state index contributed by atoms with van der Waals surface area (Å²) >= 11 is 0. The van der Waals surface area contributed by atoms with Crippen molar-refractivity contribution in [3.63, 3.8) is 0 Å². The van der Waals surface area contributed by atoms with Crippen molar-refractivity contribution in [2.45, 2.75) is 44.6 Å². The Morgan fingerprint density at radius 1 is 1.20 bits per heavy atom. The summed E-state index contributed by atoms with van der Waals surface area (Å²) in [5, 5.41) is 0.602. The van der Waals surface area contributed by atoms with Crippen LogP contribution in [0.4, 0.5) is 0 Å². The maximum Gasteiger partial charge on any atom is 0.374 e. The van der Waals surface area contributed by atoms with Crippen molar-refractivity contribution in [2.75, 3.05) is 13.2 Å². The summed E-state index contributed by atoms with van der Waals surface area (Å²) in [4.78, 5) is 12.3. The molecule has 0 N–H and O–H groups in total. The molecule has 1 unspecified atom stereocenters. The molecule has 2 heterocycles. The molecule has 1 aliphatic rings. The van der Waals surface area contributed by atoms with Crippen molar-refractivity contribution < 1.29 is 22.4 Å². The second-order valence-corrected chi connectivity index (χ2v) is 9.51. The average molecular weight is 428 g/mol.